The molecule has 0 aliphatic heterocycles. The topological polar surface area (TPSA) is 55.1 Å². The van der Waals surface area contributed by atoms with Gasteiger partial charge in [-0.2, -0.15) is 0 Å². The van der Waals surface area contributed by atoms with Crippen molar-refractivity contribution in [2.75, 3.05) is 6.54 Å². The largest absolute Gasteiger partial charge is 0.393 e. The van der Waals surface area contributed by atoms with Crippen molar-refractivity contribution in [3.8, 4) is 0 Å². The van der Waals surface area contributed by atoms with Crippen LogP contribution in [-0.2, 0) is 0 Å². The second-order valence-electron chi connectivity index (χ2n) is 4.16. The van der Waals surface area contributed by atoms with Crippen LogP contribution < -0.4 is 11.1 Å². The Labute approximate surface area is 115 Å². The Balaban J connectivity index is 2.12. The first-order chi connectivity index (χ1) is 8.59. The van der Waals surface area contributed by atoms with Crippen molar-refractivity contribution in [3.05, 3.63) is 35.2 Å². The van der Waals surface area contributed by atoms with E-state index in [2.05, 4.69) is 5.32 Å². The minimum atomic E-state index is -0.0736. The minimum absolute atomic E-state index is 0.00819. The van der Waals surface area contributed by atoms with Gasteiger partial charge in [-0.25, -0.2) is 0 Å². The van der Waals surface area contributed by atoms with Gasteiger partial charge in [0.15, 0.2) is 0 Å². The maximum absolute atomic E-state index is 12.1. The van der Waals surface area contributed by atoms with Gasteiger partial charge >= 0.3 is 0 Å². The number of hydrogen-bond acceptors (Lipinski definition) is 3. The van der Waals surface area contributed by atoms with Crippen LogP contribution in [0.15, 0.2) is 29.6 Å². The maximum Gasteiger partial charge on any atom is 0.252 e. The van der Waals surface area contributed by atoms with Crippen LogP contribution in [0.25, 0.3) is 10.1 Å². The lowest BCUT2D eigenvalue weighted by Crippen LogP contribution is -2.33. The van der Waals surface area contributed by atoms with Crippen molar-refractivity contribution >= 4 is 44.5 Å². The zero-order valence-electron chi connectivity index (χ0n) is 9.97. The standard InChI is InChI=1S/C13H14N2OS2/c1-8(12(14)17)6-15-13(16)10-7-18-11-5-3-2-4-9(10)11/h2-5,7-8H,6H2,1H3,(H2,14,17)(H,15,16). The summed E-state index contributed by atoms with van der Waals surface area (Å²) in [5.41, 5.74) is 6.23. The second kappa shape index (κ2) is 5.46. The summed E-state index contributed by atoms with van der Waals surface area (Å²) in [6, 6.07) is 7.87. The van der Waals surface area contributed by atoms with Crippen molar-refractivity contribution in [1.82, 2.24) is 5.32 Å². The number of amides is 1. The third kappa shape index (κ3) is 2.68. The van der Waals surface area contributed by atoms with Gasteiger partial charge in [0.1, 0.15) is 0 Å². The van der Waals surface area contributed by atoms with Gasteiger partial charge in [-0.05, 0) is 6.07 Å². The Morgan fingerprint density at radius 2 is 2.22 bits per heavy atom. The van der Waals surface area contributed by atoms with E-state index in [1.807, 2.05) is 36.6 Å². The molecule has 1 amide bonds. The van der Waals surface area contributed by atoms with Gasteiger partial charge < -0.3 is 11.1 Å². The fraction of sp³-hybridized carbons (Fsp3) is 0.231. The van der Waals surface area contributed by atoms with Crippen LogP contribution in [0, 0.1) is 5.92 Å². The number of carbonyl (C=O) groups excluding carboxylic acids is 1. The summed E-state index contributed by atoms with van der Waals surface area (Å²) in [6.07, 6.45) is 0. The quantitative estimate of drug-likeness (QED) is 0.845. The van der Waals surface area contributed by atoms with Crippen molar-refractivity contribution in [3.63, 3.8) is 0 Å². The van der Waals surface area contributed by atoms with Crippen molar-refractivity contribution in [1.29, 1.82) is 0 Å². The number of benzene rings is 1. The smallest absolute Gasteiger partial charge is 0.252 e. The van der Waals surface area contributed by atoms with Crippen molar-refractivity contribution in [2.24, 2.45) is 11.7 Å². The molecular weight excluding hydrogens is 264 g/mol. The first-order valence-corrected chi connectivity index (χ1v) is 6.92. The normalized spacial score (nSPS) is 12.3. The van der Waals surface area contributed by atoms with Gasteiger partial charge in [0.2, 0.25) is 0 Å². The number of rotatable bonds is 4. The summed E-state index contributed by atoms with van der Waals surface area (Å²) >= 11 is 6.45. The highest BCUT2D eigenvalue weighted by molar-refractivity contribution is 7.80. The SMILES string of the molecule is CC(CNC(=O)c1csc2ccccc12)C(N)=S. The molecule has 18 heavy (non-hydrogen) atoms. The van der Waals surface area contributed by atoms with E-state index < -0.39 is 0 Å². The molecule has 0 spiro atoms. The molecule has 0 aliphatic rings. The monoisotopic (exact) mass is 278 g/mol. The molecule has 0 aliphatic carbocycles. The first-order valence-electron chi connectivity index (χ1n) is 5.63. The van der Waals surface area contributed by atoms with E-state index in [0.717, 1.165) is 10.1 Å². The van der Waals surface area contributed by atoms with Crippen LogP contribution in [0.5, 0.6) is 0 Å². The molecule has 0 saturated heterocycles. The van der Waals surface area contributed by atoms with E-state index in [-0.39, 0.29) is 11.8 Å². The number of thiocarbonyl (C=S) groups is 1. The molecule has 0 bridgehead atoms. The van der Waals surface area contributed by atoms with E-state index in [1.54, 1.807) is 11.3 Å². The summed E-state index contributed by atoms with van der Waals surface area (Å²) < 4.78 is 1.12. The third-order valence-corrected chi connectivity index (χ3v) is 4.15. The van der Waals surface area contributed by atoms with Crippen LogP contribution >= 0.6 is 23.6 Å². The van der Waals surface area contributed by atoms with Gasteiger partial charge in [0.05, 0.1) is 10.6 Å². The lowest BCUT2D eigenvalue weighted by Gasteiger charge is -2.10. The van der Waals surface area contributed by atoms with E-state index in [4.69, 9.17) is 18.0 Å². The third-order valence-electron chi connectivity index (χ3n) is 2.78. The first kappa shape index (κ1) is 13.0. The average molecular weight is 278 g/mol. The highest BCUT2D eigenvalue weighted by Gasteiger charge is 2.13. The fourth-order valence-corrected chi connectivity index (χ4v) is 2.62. The Morgan fingerprint density at radius 1 is 1.50 bits per heavy atom. The number of thiophene rings is 1. The van der Waals surface area contributed by atoms with Crippen LogP contribution in [0.2, 0.25) is 0 Å². The predicted octanol–water partition coefficient (Wildman–Crippen LogP) is 2.55. The number of nitrogens with two attached hydrogens (primary N) is 1. The van der Waals surface area contributed by atoms with E-state index in [9.17, 15) is 4.79 Å². The summed E-state index contributed by atoms with van der Waals surface area (Å²) in [6.45, 7) is 2.37. The van der Waals surface area contributed by atoms with E-state index >= 15 is 0 Å². The molecule has 3 N–H and O–H groups in total. The molecule has 1 aromatic heterocycles. The van der Waals surface area contributed by atoms with Gasteiger partial charge in [-0.15, -0.1) is 11.3 Å². The Kier molecular flexibility index (Phi) is 3.93. The van der Waals surface area contributed by atoms with E-state index in [0.29, 0.717) is 17.1 Å². The minimum Gasteiger partial charge on any atom is -0.393 e. The molecule has 94 valence electrons. The van der Waals surface area contributed by atoms with Crippen LogP contribution in [0.4, 0.5) is 0 Å². The highest BCUT2D eigenvalue weighted by atomic mass is 32.1. The van der Waals surface area contributed by atoms with Crippen LogP contribution in [0.3, 0.4) is 0 Å². The molecule has 1 atom stereocenters. The molecule has 3 nitrogen and oxygen atoms in total. The molecule has 1 heterocycles. The van der Waals surface area contributed by atoms with Crippen molar-refractivity contribution < 1.29 is 4.79 Å². The Morgan fingerprint density at radius 3 is 2.94 bits per heavy atom. The second-order valence-corrected chi connectivity index (χ2v) is 5.54. The summed E-state index contributed by atoms with van der Waals surface area (Å²) in [7, 11) is 0. The van der Waals surface area contributed by atoms with Gasteiger partial charge in [-0.3, -0.25) is 4.79 Å². The number of hydrogen-bond donors (Lipinski definition) is 2. The van der Waals surface area contributed by atoms with Gasteiger partial charge in [0.25, 0.3) is 5.91 Å². The molecule has 0 fully saturated rings. The molecule has 2 rings (SSSR count). The molecule has 1 aromatic carbocycles. The van der Waals surface area contributed by atoms with E-state index in [1.165, 1.54) is 0 Å². The van der Waals surface area contributed by atoms with Gasteiger partial charge in [0, 0.05) is 27.9 Å². The number of carbonyl (C=O) groups is 1. The fourth-order valence-electron chi connectivity index (χ4n) is 1.60. The van der Waals surface area contributed by atoms with Crippen LogP contribution in [-0.4, -0.2) is 17.4 Å². The molecule has 5 heteroatoms. The maximum atomic E-state index is 12.1. The highest BCUT2D eigenvalue weighted by Crippen LogP contribution is 2.25. The molecule has 1 unspecified atom stereocenters. The van der Waals surface area contributed by atoms with Crippen molar-refractivity contribution in [2.45, 2.75) is 6.92 Å². The molecule has 0 saturated carbocycles. The summed E-state index contributed by atoms with van der Waals surface area (Å²) in [5, 5.41) is 5.73. The Hall–Kier alpha value is -1.46. The summed E-state index contributed by atoms with van der Waals surface area (Å²) in [4.78, 5) is 12.5. The number of nitrogens with one attached hydrogen (secondary N) is 1. The lowest BCUT2D eigenvalue weighted by molar-refractivity contribution is 0.0953. The summed E-state index contributed by atoms with van der Waals surface area (Å²) in [5.74, 6) is -0.0654. The lowest BCUT2D eigenvalue weighted by atomic mass is 10.1. The molecular formula is C13H14N2OS2. The number of fused-ring (bicyclic) bond motifs is 1. The molecule has 0 radical (unpaired) electrons. The Bertz CT molecular complexity index is 591. The zero-order valence-corrected chi connectivity index (χ0v) is 11.6. The average Bonchev–Trinajstić information content (AvgIpc) is 2.79. The zero-order chi connectivity index (χ0) is 13.1. The van der Waals surface area contributed by atoms with Gasteiger partial charge in [-0.1, -0.05) is 37.3 Å². The molecule has 2 aromatic rings. The predicted molar refractivity (Wildman–Crippen MR) is 80.1 cm³/mol. The van der Waals surface area contributed by atoms with Crippen LogP contribution in [0.1, 0.15) is 17.3 Å².